The van der Waals surface area contributed by atoms with E-state index in [9.17, 15) is 0 Å². The van der Waals surface area contributed by atoms with Crippen molar-refractivity contribution in [3.63, 3.8) is 0 Å². The molecule has 122 valence electrons. The molecule has 2 aromatic carbocycles. The van der Waals surface area contributed by atoms with Crippen molar-refractivity contribution < 1.29 is 4.42 Å². The average Bonchev–Trinajstić information content (AvgIpc) is 3.02. The average molecular weight is 319 g/mol. The second kappa shape index (κ2) is 6.49. The van der Waals surface area contributed by atoms with Crippen LogP contribution in [0.1, 0.15) is 18.2 Å². The van der Waals surface area contributed by atoms with Crippen LogP contribution in [0.15, 0.2) is 65.3 Å². The molecule has 4 heteroatoms. The van der Waals surface area contributed by atoms with Crippen LogP contribution in [0.25, 0.3) is 11.5 Å². The van der Waals surface area contributed by atoms with Crippen molar-refractivity contribution in [2.24, 2.45) is 0 Å². The fourth-order valence-electron chi connectivity index (χ4n) is 3.18. The standard InChI is InChI=1S/C20H21N3O/c1-15-12-23(19-10-6-5-9-17(19)11-21-15)13-18-14-24-20(22-18)16-7-3-2-4-8-16/h2-10,14-15,21H,11-13H2,1H3. The number of benzene rings is 2. The molecular weight excluding hydrogens is 298 g/mol. The van der Waals surface area contributed by atoms with Crippen LogP contribution in [0.3, 0.4) is 0 Å². The number of hydrogen-bond acceptors (Lipinski definition) is 4. The quantitative estimate of drug-likeness (QED) is 0.796. The number of rotatable bonds is 3. The Balaban J connectivity index is 1.60. The summed E-state index contributed by atoms with van der Waals surface area (Å²) in [7, 11) is 0. The van der Waals surface area contributed by atoms with Crippen LogP contribution in [0, 0.1) is 0 Å². The highest BCUT2D eigenvalue weighted by Gasteiger charge is 2.20. The number of oxazole rings is 1. The van der Waals surface area contributed by atoms with Gasteiger partial charge in [-0.25, -0.2) is 4.98 Å². The van der Waals surface area contributed by atoms with E-state index < -0.39 is 0 Å². The van der Waals surface area contributed by atoms with Crippen molar-refractivity contribution in [3.8, 4) is 11.5 Å². The lowest BCUT2D eigenvalue weighted by atomic mass is 10.1. The van der Waals surface area contributed by atoms with Gasteiger partial charge in [0.25, 0.3) is 0 Å². The molecule has 1 aliphatic rings. The Morgan fingerprint density at radius 2 is 1.92 bits per heavy atom. The summed E-state index contributed by atoms with van der Waals surface area (Å²) in [4.78, 5) is 7.06. The summed E-state index contributed by atoms with van der Waals surface area (Å²) < 4.78 is 5.68. The number of hydrogen-bond donors (Lipinski definition) is 1. The van der Waals surface area contributed by atoms with E-state index >= 15 is 0 Å². The largest absolute Gasteiger partial charge is 0.444 e. The molecule has 0 bridgehead atoms. The van der Waals surface area contributed by atoms with Crippen molar-refractivity contribution >= 4 is 5.69 Å². The molecule has 1 aromatic heterocycles. The van der Waals surface area contributed by atoms with Gasteiger partial charge in [0.15, 0.2) is 0 Å². The van der Waals surface area contributed by atoms with Crippen molar-refractivity contribution in [1.82, 2.24) is 10.3 Å². The van der Waals surface area contributed by atoms with Gasteiger partial charge in [-0.15, -0.1) is 0 Å². The van der Waals surface area contributed by atoms with Crippen molar-refractivity contribution in [2.45, 2.75) is 26.1 Å². The summed E-state index contributed by atoms with van der Waals surface area (Å²) in [5.41, 5.74) is 4.57. The molecule has 0 spiro atoms. The first kappa shape index (κ1) is 15.0. The van der Waals surface area contributed by atoms with Crippen LogP contribution in [-0.2, 0) is 13.1 Å². The summed E-state index contributed by atoms with van der Waals surface area (Å²) in [5.74, 6) is 0.680. The second-order valence-corrected chi connectivity index (χ2v) is 6.30. The van der Waals surface area contributed by atoms with Gasteiger partial charge in [0.2, 0.25) is 5.89 Å². The molecule has 0 amide bonds. The molecule has 1 atom stereocenters. The van der Waals surface area contributed by atoms with Gasteiger partial charge in [0.05, 0.1) is 12.2 Å². The van der Waals surface area contributed by atoms with Gasteiger partial charge in [0, 0.05) is 30.4 Å². The van der Waals surface area contributed by atoms with E-state index in [-0.39, 0.29) is 0 Å². The van der Waals surface area contributed by atoms with Crippen LogP contribution in [0.5, 0.6) is 0 Å². The minimum absolute atomic E-state index is 0.429. The summed E-state index contributed by atoms with van der Waals surface area (Å²) in [6.45, 7) is 4.82. The molecule has 24 heavy (non-hydrogen) atoms. The Morgan fingerprint density at radius 3 is 2.79 bits per heavy atom. The summed E-state index contributed by atoms with van der Waals surface area (Å²) in [6.07, 6.45) is 1.77. The van der Waals surface area contributed by atoms with E-state index in [0.717, 1.165) is 30.9 Å². The molecule has 3 aromatic rings. The Kier molecular flexibility index (Phi) is 4.05. The lowest BCUT2D eigenvalue weighted by Crippen LogP contribution is -2.35. The van der Waals surface area contributed by atoms with Gasteiger partial charge in [-0.05, 0) is 30.7 Å². The highest BCUT2D eigenvalue weighted by Crippen LogP contribution is 2.26. The maximum absolute atomic E-state index is 5.68. The summed E-state index contributed by atoms with van der Waals surface area (Å²) in [5, 5.41) is 3.56. The van der Waals surface area contributed by atoms with Crippen LogP contribution >= 0.6 is 0 Å². The van der Waals surface area contributed by atoms with Crippen molar-refractivity contribution in [1.29, 1.82) is 0 Å². The van der Waals surface area contributed by atoms with Gasteiger partial charge in [-0.1, -0.05) is 36.4 Å². The lowest BCUT2D eigenvalue weighted by molar-refractivity contribution is 0.549. The Labute approximate surface area is 142 Å². The Bertz CT molecular complexity index is 813. The third kappa shape index (κ3) is 3.05. The van der Waals surface area contributed by atoms with Crippen LogP contribution in [-0.4, -0.2) is 17.6 Å². The molecule has 0 aliphatic carbocycles. The van der Waals surface area contributed by atoms with E-state index in [4.69, 9.17) is 4.42 Å². The molecule has 4 nitrogen and oxygen atoms in total. The summed E-state index contributed by atoms with van der Waals surface area (Å²) in [6, 6.07) is 19.0. The van der Waals surface area contributed by atoms with E-state index in [1.807, 2.05) is 30.3 Å². The Hall–Kier alpha value is -2.59. The highest BCUT2D eigenvalue weighted by atomic mass is 16.3. The zero-order valence-electron chi connectivity index (χ0n) is 13.8. The fourth-order valence-corrected chi connectivity index (χ4v) is 3.18. The molecule has 4 rings (SSSR count). The first-order valence-corrected chi connectivity index (χ1v) is 8.35. The Morgan fingerprint density at radius 1 is 1.12 bits per heavy atom. The zero-order valence-corrected chi connectivity index (χ0v) is 13.8. The minimum atomic E-state index is 0.429. The molecule has 0 fully saturated rings. The lowest BCUT2D eigenvalue weighted by Gasteiger charge is -2.25. The maximum Gasteiger partial charge on any atom is 0.226 e. The molecule has 0 radical (unpaired) electrons. The molecular formula is C20H21N3O. The minimum Gasteiger partial charge on any atom is -0.444 e. The maximum atomic E-state index is 5.68. The van der Waals surface area contributed by atoms with Gasteiger partial charge < -0.3 is 14.6 Å². The molecule has 0 saturated heterocycles. The van der Waals surface area contributed by atoms with Crippen LogP contribution in [0.4, 0.5) is 5.69 Å². The SMILES string of the molecule is CC1CN(Cc2coc(-c3ccccc3)n2)c2ccccc2CN1. The molecule has 1 N–H and O–H groups in total. The number of aromatic nitrogens is 1. The van der Waals surface area contributed by atoms with E-state index in [2.05, 4.69) is 46.4 Å². The molecule has 0 saturated carbocycles. The van der Waals surface area contributed by atoms with Gasteiger partial charge in [-0.2, -0.15) is 0 Å². The third-order valence-corrected chi connectivity index (χ3v) is 4.39. The number of nitrogens with one attached hydrogen (secondary N) is 1. The third-order valence-electron chi connectivity index (χ3n) is 4.39. The van der Waals surface area contributed by atoms with Gasteiger partial charge in [-0.3, -0.25) is 0 Å². The molecule has 2 heterocycles. The number of nitrogens with zero attached hydrogens (tertiary/aromatic N) is 2. The highest BCUT2D eigenvalue weighted by molar-refractivity contribution is 5.56. The van der Waals surface area contributed by atoms with Gasteiger partial charge >= 0.3 is 0 Å². The van der Waals surface area contributed by atoms with E-state index in [0.29, 0.717) is 11.9 Å². The molecule has 1 aliphatic heterocycles. The second-order valence-electron chi connectivity index (χ2n) is 6.30. The smallest absolute Gasteiger partial charge is 0.226 e. The van der Waals surface area contributed by atoms with E-state index in [1.165, 1.54) is 11.3 Å². The van der Waals surface area contributed by atoms with Gasteiger partial charge in [0.1, 0.15) is 6.26 Å². The normalized spacial score (nSPS) is 17.4. The number of fused-ring (bicyclic) bond motifs is 1. The summed E-state index contributed by atoms with van der Waals surface area (Å²) >= 11 is 0. The van der Waals surface area contributed by atoms with Crippen LogP contribution < -0.4 is 10.2 Å². The number of para-hydroxylation sites is 1. The predicted molar refractivity (Wildman–Crippen MR) is 95.7 cm³/mol. The topological polar surface area (TPSA) is 41.3 Å². The zero-order chi connectivity index (χ0) is 16.4. The first-order chi connectivity index (χ1) is 11.8. The fraction of sp³-hybridized carbons (Fsp3) is 0.250. The van der Waals surface area contributed by atoms with Crippen LogP contribution in [0.2, 0.25) is 0 Å². The number of anilines is 1. The van der Waals surface area contributed by atoms with Crippen molar-refractivity contribution in [3.05, 3.63) is 72.1 Å². The van der Waals surface area contributed by atoms with Crippen molar-refractivity contribution in [2.75, 3.05) is 11.4 Å². The molecule has 1 unspecified atom stereocenters. The predicted octanol–water partition coefficient (Wildman–Crippen LogP) is 3.84. The van der Waals surface area contributed by atoms with E-state index in [1.54, 1.807) is 6.26 Å². The first-order valence-electron chi connectivity index (χ1n) is 8.35. The monoisotopic (exact) mass is 319 g/mol.